The third-order valence-electron chi connectivity index (χ3n) is 1.69. The molecule has 2 aromatic heterocycles. The van der Waals surface area contributed by atoms with Gasteiger partial charge in [-0.25, -0.2) is 0 Å². The first-order valence-electron chi connectivity index (χ1n) is 3.77. The van der Waals surface area contributed by atoms with Crippen LogP contribution in [0.25, 0.3) is 11.1 Å². The third kappa shape index (κ3) is 2.97. The van der Waals surface area contributed by atoms with Crippen LogP contribution < -0.4 is 51.4 Å². The van der Waals surface area contributed by atoms with Gasteiger partial charge in [-0.1, -0.05) is 0 Å². The fraction of sp³-hybridized carbons (Fsp3) is 0. The first-order chi connectivity index (χ1) is 5.97. The molecule has 0 aliphatic rings. The second kappa shape index (κ2) is 5.62. The second-order valence-corrected chi connectivity index (χ2v) is 2.47. The summed E-state index contributed by atoms with van der Waals surface area (Å²) in [6.07, 6.45) is 7.15. The standard InChI is InChI=1S/C10H8N2.K.H/c1-5-11-6-2-9(1)10-3-7-12-8-4-10;;/h1-8H;;/q;+1;-1. The van der Waals surface area contributed by atoms with E-state index < -0.39 is 0 Å². The number of hydrogen-bond acceptors (Lipinski definition) is 2. The fourth-order valence-electron chi connectivity index (χ4n) is 1.09. The molecule has 0 fully saturated rings. The molecule has 2 rings (SSSR count). The van der Waals surface area contributed by atoms with Crippen LogP contribution in [0.1, 0.15) is 1.43 Å². The molecule has 2 nitrogen and oxygen atoms in total. The van der Waals surface area contributed by atoms with Gasteiger partial charge in [-0.2, -0.15) is 0 Å². The average Bonchev–Trinajstić information content (AvgIpc) is 2.21. The molecule has 0 bridgehead atoms. The Morgan fingerprint density at radius 2 is 1.00 bits per heavy atom. The average molecular weight is 196 g/mol. The number of rotatable bonds is 1. The van der Waals surface area contributed by atoms with Crippen LogP contribution in [0.15, 0.2) is 49.1 Å². The Balaban J connectivity index is 0.000000845. The molecule has 0 saturated carbocycles. The van der Waals surface area contributed by atoms with Gasteiger partial charge in [0, 0.05) is 24.8 Å². The molecule has 0 spiro atoms. The minimum atomic E-state index is 0. The summed E-state index contributed by atoms with van der Waals surface area (Å²) in [5.74, 6) is 0. The molecule has 0 atom stereocenters. The zero-order valence-corrected chi connectivity index (χ0v) is 10.6. The second-order valence-electron chi connectivity index (χ2n) is 2.47. The van der Waals surface area contributed by atoms with Crippen LogP contribution in [-0.4, -0.2) is 9.97 Å². The van der Waals surface area contributed by atoms with Gasteiger partial charge in [0.1, 0.15) is 0 Å². The van der Waals surface area contributed by atoms with Gasteiger partial charge in [-0.3, -0.25) is 9.97 Å². The van der Waals surface area contributed by atoms with Gasteiger partial charge in [0.25, 0.3) is 0 Å². The Labute approximate surface area is 121 Å². The predicted octanol–water partition coefficient (Wildman–Crippen LogP) is -0.740. The minimum Gasteiger partial charge on any atom is -1.00 e. The van der Waals surface area contributed by atoms with E-state index >= 15 is 0 Å². The maximum atomic E-state index is 3.96. The first-order valence-corrected chi connectivity index (χ1v) is 3.77. The monoisotopic (exact) mass is 196 g/mol. The number of hydrogen-bond donors (Lipinski definition) is 0. The summed E-state index contributed by atoms with van der Waals surface area (Å²) in [6, 6.07) is 7.93. The quantitative estimate of drug-likeness (QED) is 0.562. The van der Waals surface area contributed by atoms with Crippen molar-refractivity contribution in [3.05, 3.63) is 49.1 Å². The number of nitrogens with zero attached hydrogens (tertiary/aromatic N) is 2. The third-order valence-corrected chi connectivity index (χ3v) is 1.69. The molecule has 13 heavy (non-hydrogen) atoms. The van der Waals surface area contributed by atoms with Crippen LogP contribution in [0.4, 0.5) is 0 Å². The van der Waals surface area contributed by atoms with Gasteiger partial charge in [0.05, 0.1) is 0 Å². The molecular formula is C10H9KN2. The molecule has 0 aliphatic heterocycles. The maximum Gasteiger partial charge on any atom is 1.00 e. The molecule has 2 heterocycles. The van der Waals surface area contributed by atoms with Gasteiger partial charge >= 0.3 is 51.4 Å². The molecule has 0 saturated heterocycles. The largest absolute Gasteiger partial charge is 1.00 e. The van der Waals surface area contributed by atoms with Crippen LogP contribution in [-0.2, 0) is 0 Å². The van der Waals surface area contributed by atoms with Crippen molar-refractivity contribution < 1.29 is 52.8 Å². The van der Waals surface area contributed by atoms with Crippen molar-refractivity contribution in [2.45, 2.75) is 0 Å². The number of aromatic nitrogens is 2. The molecular weight excluding hydrogens is 187 g/mol. The zero-order valence-electron chi connectivity index (χ0n) is 8.51. The normalized spacial score (nSPS) is 8.92. The van der Waals surface area contributed by atoms with Crippen LogP contribution in [0.3, 0.4) is 0 Å². The van der Waals surface area contributed by atoms with Gasteiger partial charge in [0.15, 0.2) is 0 Å². The molecule has 3 heteroatoms. The minimum absolute atomic E-state index is 0. The SMILES string of the molecule is [H-].[K+].c1cc(-c2ccncc2)ccn1. The van der Waals surface area contributed by atoms with Crippen molar-refractivity contribution >= 4 is 0 Å². The van der Waals surface area contributed by atoms with E-state index in [9.17, 15) is 0 Å². The summed E-state index contributed by atoms with van der Waals surface area (Å²) < 4.78 is 0. The summed E-state index contributed by atoms with van der Waals surface area (Å²) in [5.41, 5.74) is 2.35. The topological polar surface area (TPSA) is 25.8 Å². The maximum absolute atomic E-state index is 3.96. The summed E-state index contributed by atoms with van der Waals surface area (Å²) >= 11 is 0. The predicted molar refractivity (Wildman–Crippen MR) is 48.6 cm³/mol. The smallest absolute Gasteiger partial charge is 1.00 e. The van der Waals surface area contributed by atoms with Crippen molar-refractivity contribution in [2.75, 3.05) is 0 Å². The van der Waals surface area contributed by atoms with Gasteiger partial charge in [-0.15, -0.1) is 0 Å². The Morgan fingerprint density at radius 1 is 0.692 bits per heavy atom. The Kier molecular flexibility index (Phi) is 4.76. The summed E-state index contributed by atoms with van der Waals surface area (Å²) in [4.78, 5) is 7.91. The molecule has 60 valence electrons. The molecule has 2 aromatic rings. The van der Waals surface area contributed by atoms with E-state index in [1.54, 1.807) is 24.8 Å². The molecule has 0 N–H and O–H groups in total. The summed E-state index contributed by atoms with van der Waals surface area (Å²) in [5, 5.41) is 0. The van der Waals surface area contributed by atoms with Crippen LogP contribution in [0, 0.1) is 0 Å². The van der Waals surface area contributed by atoms with E-state index in [-0.39, 0.29) is 52.8 Å². The Bertz CT molecular complexity index is 316. The van der Waals surface area contributed by atoms with Crippen molar-refractivity contribution in [3.8, 4) is 11.1 Å². The molecule has 0 radical (unpaired) electrons. The van der Waals surface area contributed by atoms with Crippen molar-refractivity contribution in [2.24, 2.45) is 0 Å². The summed E-state index contributed by atoms with van der Waals surface area (Å²) in [6.45, 7) is 0. The van der Waals surface area contributed by atoms with Crippen LogP contribution in [0.5, 0.6) is 0 Å². The zero-order chi connectivity index (χ0) is 8.23. The fourth-order valence-corrected chi connectivity index (χ4v) is 1.09. The van der Waals surface area contributed by atoms with E-state index in [4.69, 9.17) is 0 Å². The molecule has 0 unspecified atom stereocenters. The Morgan fingerprint density at radius 3 is 1.31 bits per heavy atom. The molecule has 0 amide bonds. The van der Waals surface area contributed by atoms with Gasteiger partial charge < -0.3 is 1.43 Å². The van der Waals surface area contributed by atoms with Crippen molar-refractivity contribution in [3.63, 3.8) is 0 Å². The first kappa shape index (κ1) is 11.0. The van der Waals surface area contributed by atoms with E-state index in [1.165, 1.54) is 11.1 Å². The van der Waals surface area contributed by atoms with Gasteiger partial charge in [0.2, 0.25) is 0 Å². The van der Waals surface area contributed by atoms with E-state index in [2.05, 4.69) is 9.97 Å². The van der Waals surface area contributed by atoms with Gasteiger partial charge in [-0.05, 0) is 35.4 Å². The number of pyridine rings is 2. The van der Waals surface area contributed by atoms with E-state index in [0.29, 0.717) is 0 Å². The van der Waals surface area contributed by atoms with E-state index in [1.807, 2.05) is 24.3 Å². The van der Waals surface area contributed by atoms with Crippen LogP contribution in [0.2, 0.25) is 0 Å². The van der Waals surface area contributed by atoms with E-state index in [0.717, 1.165) is 0 Å². The Hall–Kier alpha value is -0.0636. The molecule has 0 aromatic carbocycles. The van der Waals surface area contributed by atoms with Crippen LogP contribution >= 0.6 is 0 Å². The molecule has 0 aliphatic carbocycles. The summed E-state index contributed by atoms with van der Waals surface area (Å²) in [7, 11) is 0. The van der Waals surface area contributed by atoms with Crippen molar-refractivity contribution in [1.29, 1.82) is 0 Å². The van der Waals surface area contributed by atoms with Crippen molar-refractivity contribution in [1.82, 2.24) is 9.97 Å².